The number of likely N-dealkylation sites (tertiary alicyclic amines) is 1. The maximum Gasteiger partial charge on any atom is 0.407 e. The molecule has 172 valence electrons. The van der Waals surface area contributed by atoms with Gasteiger partial charge >= 0.3 is 6.09 Å². The quantitative estimate of drug-likeness (QED) is 0.499. The highest BCUT2D eigenvalue weighted by Crippen LogP contribution is 2.38. The van der Waals surface area contributed by atoms with E-state index < -0.39 is 17.7 Å². The van der Waals surface area contributed by atoms with Crippen LogP contribution >= 0.6 is 0 Å². The van der Waals surface area contributed by atoms with Crippen molar-refractivity contribution < 1.29 is 23.4 Å². The van der Waals surface area contributed by atoms with Gasteiger partial charge in [-0.2, -0.15) is 19.9 Å². The van der Waals surface area contributed by atoms with Gasteiger partial charge in [0.05, 0.1) is 12.3 Å². The van der Waals surface area contributed by atoms with Gasteiger partial charge in [0.25, 0.3) is 5.95 Å². The molecule has 11 heteroatoms. The SMILES string of the molecule is O=C(O)N1CC(c2ccc3c(c2)OCCc2cn(-c4ncnn4-c4ccc(F)cc4F)nc2-3)C1. The van der Waals surface area contributed by atoms with Crippen LogP contribution in [0.3, 0.4) is 0 Å². The number of hydrogen-bond donors (Lipinski definition) is 1. The summed E-state index contributed by atoms with van der Waals surface area (Å²) in [6.45, 7) is 1.37. The number of aromatic nitrogens is 5. The molecule has 1 amide bonds. The Hall–Kier alpha value is -4.28. The van der Waals surface area contributed by atoms with Crippen LogP contribution in [0, 0.1) is 11.6 Å². The molecule has 2 aromatic heterocycles. The third-order valence-electron chi connectivity index (χ3n) is 6.18. The van der Waals surface area contributed by atoms with E-state index in [0.717, 1.165) is 28.8 Å². The average Bonchev–Trinajstić information content (AvgIpc) is 3.37. The van der Waals surface area contributed by atoms with Crippen molar-refractivity contribution in [3.8, 4) is 28.6 Å². The number of rotatable bonds is 3. The molecule has 2 aliphatic rings. The fraction of sp³-hybridized carbons (Fsp3) is 0.217. The molecule has 0 bridgehead atoms. The molecule has 1 N–H and O–H groups in total. The number of ether oxygens (including phenoxy) is 1. The van der Waals surface area contributed by atoms with Gasteiger partial charge in [-0.15, -0.1) is 0 Å². The first-order chi connectivity index (χ1) is 16.5. The molecule has 4 aromatic rings. The smallest absolute Gasteiger partial charge is 0.407 e. The zero-order chi connectivity index (χ0) is 23.4. The van der Waals surface area contributed by atoms with Crippen LogP contribution in [0.4, 0.5) is 13.6 Å². The second-order valence-electron chi connectivity index (χ2n) is 8.25. The van der Waals surface area contributed by atoms with Crippen LogP contribution in [0.1, 0.15) is 17.0 Å². The number of nitrogens with zero attached hydrogens (tertiary/aromatic N) is 6. The molecular formula is C23H18F2N6O3. The lowest BCUT2D eigenvalue weighted by molar-refractivity contribution is 0.105. The van der Waals surface area contributed by atoms with Gasteiger partial charge < -0.3 is 14.7 Å². The molecule has 6 rings (SSSR count). The van der Waals surface area contributed by atoms with Crippen molar-refractivity contribution in [2.45, 2.75) is 12.3 Å². The van der Waals surface area contributed by atoms with Crippen molar-refractivity contribution in [3.05, 3.63) is 71.7 Å². The molecular weight excluding hydrogens is 446 g/mol. The van der Waals surface area contributed by atoms with Gasteiger partial charge in [-0.25, -0.2) is 18.3 Å². The van der Waals surface area contributed by atoms with Crippen LogP contribution in [-0.2, 0) is 6.42 Å². The Labute approximate surface area is 191 Å². The normalized spacial score (nSPS) is 15.2. The molecule has 0 atom stereocenters. The summed E-state index contributed by atoms with van der Waals surface area (Å²) in [7, 11) is 0. The van der Waals surface area contributed by atoms with Gasteiger partial charge in [0, 0.05) is 48.8 Å². The van der Waals surface area contributed by atoms with Crippen LogP contribution in [0.25, 0.3) is 22.9 Å². The number of carbonyl (C=O) groups is 1. The summed E-state index contributed by atoms with van der Waals surface area (Å²) in [5.74, 6) is -0.358. The Balaban J connectivity index is 1.36. The Kier molecular flexibility index (Phi) is 4.57. The van der Waals surface area contributed by atoms with Crippen LogP contribution in [0.5, 0.6) is 5.75 Å². The van der Waals surface area contributed by atoms with E-state index in [0.29, 0.717) is 37.6 Å². The summed E-state index contributed by atoms with van der Waals surface area (Å²) in [5, 5.41) is 17.9. The molecule has 0 aliphatic carbocycles. The number of carboxylic acid groups (broad SMARTS) is 1. The number of amides is 1. The van der Waals surface area contributed by atoms with Crippen molar-refractivity contribution in [3.63, 3.8) is 0 Å². The maximum absolute atomic E-state index is 14.4. The molecule has 0 radical (unpaired) electrons. The van der Waals surface area contributed by atoms with Gasteiger partial charge in [-0.3, -0.25) is 0 Å². The van der Waals surface area contributed by atoms with Crippen molar-refractivity contribution in [2.75, 3.05) is 19.7 Å². The van der Waals surface area contributed by atoms with E-state index in [1.54, 1.807) is 6.20 Å². The average molecular weight is 464 g/mol. The molecule has 4 heterocycles. The molecule has 0 unspecified atom stereocenters. The molecule has 34 heavy (non-hydrogen) atoms. The Morgan fingerprint density at radius 2 is 2.00 bits per heavy atom. The number of fused-ring (bicyclic) bond motifs is 3. The summed E-state index contributed by atoms with van der Waals surface area (Å²) in [4.78, 5) is 16.7. The van der Waals surface area contributed by atoms with Crippen LogP contribution in [-0.4, -0.2) is 60.3 Å². The summed E-state index contributed by atoms with van der Waals surface area (Å²) < 4.78 is 36.5. The number of hydrogen-bond acceptors (Lipinski definition) is 5. The highest BCUT2D eigenvalue weighted by molar-refractivity contribution is 5.72. The second-order valence-corrected chi connectivity index (χ2v) is 8.25. The Bertz CT molecular complexity index is 1430. The molecule has 0 spiro atoms. The lowest BCUT2D eigenvalue weighted by atomic mass is 9.90. The molecule has 2 aromatic carbocycles. The van der Waals surface area contributed by atoms with Crippen LogP contribution in [0.2, 0.25) is 0 Å². The highest BCUT2D eigenvalue weighted by atomic mass is 19.1. The topological polar surface area (TPSA) is 98.3 Å². The van der Waals surface area contributed by atoms with E-state index in [-0.39, 0.29) is 17.6 Å². The third-order valence-corrected chi connectivity index (χ3v) is 6.18. The zero-order valence-corrected chi connectivity index (χ0v) is 17.7. The summed E-state index contributed by atoms with van der Waals surface area (Å²) in [6.07, 6.45) is 2.79. The first-order valence-electron chi connectivity index (χ1n) is 10.7. The van der Waals surface area contributed by atoms with E-state index in [4.69, 9.17) is 14.9 Å². The summed E-state index contributed by atoms with van der Waals surface area (Å²) in [5.41, 5.74) is 3.54. The minimum atomic E-state index is -0.911. The summed E-state index contributed by atoms with van der Waals surface area (Å²) >= 11 is 0. The monoisotopic (exact) mass is 464 g/mol. The van der Waals surface area contributed by atoms with Crippen molar-refractivity contribution in [1.82, 2.24) is 29.4 Å². The first-order valence-corrected chi connectivity index (χ1v) is 10.7. The molecule has 9 nitrogen and oxygen atoms in total. The Morgan fingerprint density at radius 3 is 2.79 bits per heavy atom. The minimum absolute atomic E-state index is 0.0591. The predicted octanol–water partition coefficient (Wildman–Crippen LogP) is 3.41. The van der Waals surface area contributed by atoms with E-state index in [1.807, 2.05) is 18.2 Å². The lowest BCUT2D eigenvalue weighted by Crippen LogP contribution is -2.47. The fourth-order valence-electron chi connectivity index (χ4n) is 4.36. The van der Waals surface area contributed by atoms with Gasteiger partial charge in [-0.1, -0.05) is 6.07 Å². The largest absolute Gasteiger partial charge is 0.493 e. The number of halogens is 2. The van der Waals surface area contributed by atoms with E-state index in [1.165, 1.54) is 26.7 Å². The number of benzene rings is 2. The standard InChI is InChI=1S/C23H18F2N6O3/c24-16-2-4-19(18(25)8-16)31-22(26-12-27-31)30-11-14-5-6-34-20-7-13(1-3-17(20)21(14)28-30)15-9-29(10-15)23(32)33/h1-4,7-8,11-12,15H,5-6,9-10H2,(H,32,33). The first kappa shape index (κ1) is 20.3. The summed E-state index contributed by atoms with van der Waals surface area (Å²) in [6, 6.07) is 9.10. The minimum Gasteiger partial charge on any atom is -0.493 e. The second kappa shape index (κ2) is 7.65. The fourth-order valence-corrected chi connectivity index (χ4v) is 4.36. The van der Waals surface area contributed by atoms with Gasteiger partial charge in [-0.05, 0) is 29.8 Å². The molecule has 2 aliphatic heterocycles. The zero-order valence-electron chi connectivity index (χ0n) is 17.7. The van der Waals surface area contributed by atoms with Crippen LogP contribution < -0.4 is 4.74 Å². The molecule has 1 fully saturated rings. The van der Waals surface area contributed by atoms with Gasteiger partial charge in [0.1, 0.15) is 23.6 Å². The van der Waals surface area contributed by atoms with Crippen molar-refractivity contribution in [1.29, 1.82) is 0 Å². The highest BCUT2D eigenvalue weighted by Gasteiger charge is 2.32. The predicted molar refractivity (Wildman–Crippen MR) is 115 cm³/mol. The van der Waals surface area contributed by atoms with Gasteiger partial charge in [0.15, 0.2) is 5.82 Å². The van der Waals surface area contributed by atoms with E-state index in [2.05, 4.69) is 10.1 Å². The van der Waals surface area contributed by atoms with E-state index >= 15 is 0 Å². The lowest BCUT2D eigenvalue weighted by Gasteiger charge is -2.37. The van der Waals surface area contributed by atoms with Crippen LogP contribution in [0.15, 0.2) is 48.9 Å². The van der Waals surface area contributed by atoms with Crippen molar-refractivity contribution >= 4 is 6.09 Å². The Morgan fingerprint density at radius 1 is 1.15 bits per heavy atom. The maximum atomic E-state index is 14.4. The molecule has 0 saturated carbocycles. The van der Waals surface area contributed by atoms with E-state index in [9.17, 15) is 13.6 Å². The molecule has 1 saturated heterocycles. The third kappa shape index (κ3) is 3.28. The van der Waals surface area contributed by atoms with Crippen molar-refractivity contribution in [2.24, 2.45) is 0 Å². The van der Waals surface area contributed by atoms with Gasteiger partial charge in [0.2, 0.25) is 0 Å².